The standard InChI is InChI=1S/C12H17ClN2O4S/c1-3-9(7-14)15-20(17,18)11-6-8(12(16)19-2)4-5-10(11)13/h4-6,9,15H,3,7,14H2,1-2H3. The number of rotatable bonds is 6. The molecule has 8 heteroatoms. The summed E-state index contributed by atoms with van der Waals surface area (Å²) in [5, 5.41) is 0.0250. The maximum Gasteiger partial charge on any atom is 0.337 e. The quantitative estimate of drug-likeness (QED) is 0.766. The fourth-order valence-corrected chi connectivity index (χ4v) is 3.39. The van der Waals surface area contributed by atoms with E-state index in [-0.39, 0.29) is 22.0 Å². The highest BCUT2D eigenvalue weighted by Gasteiger charge is 2.22. The first-order chi connectivity index (χ1) is 9.35. The SMILES string of the molecule is CCC(CN)NS(=O)(=O)c1cc(C(=O)OC)ccc1Cl. The van der Waals surface area contributed by atoms with Crippen molar-refractivity contribution in [1.29, 1.82) is 0 Å². The average Bonchev–Trinajstić information content (AvgIpc) is 2.44. The molecule has 1 aromatic carbocycles. The van der Waals surface area contributed by atoms with Crippen molar-refractivity contribution in [3.63, 3.8) is 0 Å². The minimum absolute atomic E-state index is 0.0250. The van der Waals surface area contributed by atoms with Crippen LogP contribution < -0.4 is 10.5 Å². The minimum atomic E-state index is -3.85. The average molecular weight is 321 g/mol. The lowest BCUT2D eigenvalue weighted by molar-refractivity contribution is 0.0600. The number of hydrogen-bond acceptors (Lipinski definition) is 5. The Labute approximate surface area is 123 Å². The molecule has 0 radical (unpaired) electrons. The minimum Gasteiger partial charge on any atom is -0.465 e. The molecule has 6 nitrogen and oxygen atoms in total. The molecule has 1 atom stereocenters. The monoisotopic (exact) mass is 320 g/mol. The fourth-order valence-electron chi connectivity index (χ4n) is 1.54. The first-order valence-electron chi connectivity index (χ1n) is 5.96. The molecule has 1 aromatic rings. The molecule has 0 amide bonds. The highest BCUT2D eigenvalue weighted by molar-refractivity contribution is 7.89. The first-order valence-corrected chi connectivity index (χ1v) is 7.82. The van der Waals surface area contributed by atoms with E-state index in [1.807, 2.05) is 6.92 Å². The van der Waals surface area contributed by atoms with Gasteiger partial charge in [-0.25, -0.2) is 17.9 Å². The van der Waals surface area contributed by atoms with Crippen LogP contribution in [0.1, 0.15) is 23.7 Å². The molecule has 0 saturated heterocycles. The Morgan fingerprint density at radius 1 is 1.50 bits per heavy atom. The Balaban J connectivity index is 3.20. The molecule has 0 aliphatic carbocycles. The number of carbonyl (C=O) groups is 1. The van der Waals surface area contributed by atoms with Crippen molar-refractivity contribution < 1.29 is 17.9 Å². The van der Waals surface area contributed by atoms with Crippen LogP contribution >= 0.6 is 11.6 Å². The third-order valence-corrected chi connectivity index (χ3v) is 4.74. The molecule has 0 aliphatic rings. The predicted molar refractivity (Wildman–Crippen MR) is 76.2 cm³/mol. The normalized spacial score (nSPS) is 13.0. The number of nitrogens with one attached hydrogen (secondary N) is 1. The molecule has 0 bridgehead atoms. The number of esters is 1. The molecule has 0 aromatic heterocycles. The summed E-state index contributed by atoms with van der Waals surface area (Å²) in [6, 6.07) is 3.52. The van der Waals surface area contributed by atoms with Gasteiger partial charge in [-0.1, -0.05) is 18.5 Å². The fraction of sp³-hybridized carbons (Fsp3) is 0.417. The second-order valence-corrected chi connectivity index (χ2v) is 6.19. The highest BCUT2D eigenvalue weighted by Crippen LogP contribution is 2.23. The van der Waals surface area contributed by atoms with Crippen LogP contribution in [-0.4, -0.2) is 34.1 Å². The molecule has 0 heterocycles. The Morgan fingerprint density at radius 2 is 2.15 bits per heavy atom. The molecular weight excluding hydrogens is 304 g/mol. The van der Waals surface area contributed by atoms with E-state index in [4.69, 9.17) is 17.3 Å². The van der Waals surface area contributed by atoms with E-state index in [1.165, 1.54) is 25.3 Å². The maximum absolute atomic E-state index is 12.2. The van der Waals surface area contributed by atoms with Crippen LogP contribution in [0, 0.1) is 0 Å². The van der Waals surface area contributed by atoms with Gasteiger partial charge in [-0.15, -0.1) is 0 Å². The topological polar surface area (TPSA) is 98.5 Å². The van der Waals surface area contributed by atoms with E-state index in [1.54, 1.807) is 0 Å². The van der Waals surface area contributed by atoms with E-state index in [0.29, 0.717) is 6.42 Å². The number of carbonyl (C=O) groups excluding carboxylic acids is 1. The molecule has 1 unspecified atom stereocenters. The van der Waals surface area contributed by atoms with Crippen LogP contribution in [-0.2, 0) is 14.8 Å². The number of hydrogen-bond donors (Lipinski definition) is 2. The van der Waals surface area contributed by atoms with Crippen LogP contribution in [0.15, 0.2) is 23.1 Å². The lowest BCUT2D eigenvalue weighted by atomic mass is 10.2. The molecule has 3 N–H and O–H groups in total. The zero-order chi connectivity index (χ0) is 15.3. The zero-order valence-corrected chi connectivity index (χ0v) is 12.8. The maximum atomic E-state index is 12.2. The highest BCUT2D eigenvalue weighted by atomic mass is 35.5. The number of halogens is 1. The van der Waals surface area contributed by atoms with Crippen LogP contribution in [0.2, 0.25) is 5.02 Å². The Morgan fingerprint density at radius 3 is 2.65 bits per heavy atom. The Bertz CT molecular complexity index is 585. The second kappa shape index (κ2) is 7.03. The van der Waals surface area contributed by atoms with E-state index in [9.17, 15) is 13.2 Å². The van der Waals surface area contributed by atoms with Crippen LogP contribution in [0.3, 0.4) is 0 Å². The molecule has 0 aliphatic heterocycles. The zero-order valence-electron chi connectivity index (χ0n) is 11.2. The van der Waals surface area contributed by atoms with Gasteiger partial charge in [0.2, 0.25) is 10.0 Å². The van der Waals surface area contributed by atoms with Gasteiger partial charge in [0, 0.05) is 12.6 Å². The van der Waals surface area contributed by atoms with Crippen molar-refractivity contribution in [2.45, 2.75) is 24.3 Å². The van der Waals surface area contributed by atoms with Crippen molar-refractivity contribution in [2.75, 3.05) is 13.7 Å². The number of benzene rings is 1. The van der Waals surface area contributed by atoms with Gasteiger partial charge in [-0.3, -0.25) is 0 Å². The van der Waals surface area contributed by atoms with Gasteiger partial charge in [0.25, 0.3) is 0 Å². The molecular formula is C12H17ClN2O4S. The van der Waals surface area contributed by atoms with Crippen molar-refractivity contribution in [2.24, 2.45) is 5.73 Å². The molecule has 0 saturated carbocycles. The van der Waals surface area contributed by atoms with Crippen molar-refractivity contribution in [3.05, 3.63) is 28.8 Å². The first kappa shape index (κ1) is 16.9. The smallest absolute Gasteiger partial charge is 0.337 e. The summed E-state index contributed by atoms with van der Waals surface area (Å²) >= 11 is 5.90. The predicted octanol–water partition coefficient (Wildman–Crippen LogP) is 1.14. The summed E-state index contributed by atoms with van der Waals surface area (Å²) in [6.07, 6.45) is 0.546. The van der Waals surface area contributed by atoms with Gasteiger partial charge in [0.05, 0.1) is 17.7 Å². The molecule has 20 heavy (non-hydrogen) atoms. The van der Waals surface area contributed by atoms with Crippen molar-refractivity contribution >= 4 is 27.6 Å². The van der Waals surface area contributed by atoms with Gasteiger partial charge < -0.3 is 10.5 Å². The lowest BCUT2D eigenvalue weighted by Crippen LogP contribution is -2.39. The summed E-state index contributed by atoms with van der Waals surface area (Å²) in [7, 11) is -2.64. The van der Waals surface area contributed by atoms with Gasteiger partial charge in [0.1, 0.15) is 4.90 Å². The summed E-state index contributed by atoms with van der Waals surface area (Å²) in [4.78, 5) is 11.3. The van der Waals surface area contributed by atoms with E-state index in [0.717, 1.165) is 0 Å². The van der Waals surface area contributed by atoms with Crippen LogP contribution in [0.25, 0.3) is 0 Å². The van der Waals surface area contributed by atoms with Gasteiger partial charge in [-0.05, 0) is 24.6 Å². The third-order valence-electron chi connectivity index (χ3n) is 2.74. The van der Waals surface area contributed by atoms with Gasteiger partial charge in [0.15, 0.2) is 0 Å². The Kier molecular flexibility index (Phi) is 5.94. The van der Waals surface area contributed by atoms with Gasteiger partial charge >= 0.3 is 5.97 Å². The summed E-state index contributed by atoms with van der Waals surface area (Å²) < 4.78 is 31.5. The Hall–Kier alpha value is -1.15. The molecule has 0 fully saturated rings. The second-order valence-electron chi connectivity index (χ2n) is 4.10. The van der Waals surface area contributed by atoms with Crippen LogP contribution in [0.4, 0.5) is 0 Å². The summed E-state index contributed by atoms with van der Waals surface area (Å²) in [5.41, 5.74) is 5.58. The van der Waals surface area contributed by atoms with Gasteiger partial charge in [-0.2, -0.15) is 0 Å². The van der Waals surface area contributed by atoms with Crippen molar-refractivity contribution in [3.8, 4) is 0 Å². The number of ether oxygens (including phenoxy) is 1. The van der Waals surface area contributed by atoms with E-state index >= 15 is 0 Å². The largest absolute Gasteiger partial charge is 0.465 e. The number of methoxy groups -OCH3 is 1. The number of nitrogens with two attached hydrogens (primary N) is 1. The number of sulfonamides is 1. The van der Waals surface area contributed by atoms with Crippen molar-refractivity contribution in [1.82, 2.24) is 4.72 Å². The molecule has 112 valence electrons. The molecule has 1 rings (SSSR count). The van der Waals surface area contributed by atoms with E-state index < -0.39 is 22.0 Å². The molecule has 0 spiro atoms. The lowest BCUT2D eigenvalue weighted by Gasteiger charge is -2.16. The summed E-state index contributed by atoms with van der Waals surface area (Å²) in [6.45, 7) is 1.98. The van der Waals surface area contributed by atoms with E-state index in [2.05, 4.69) is 9.46 Å². The third kappa shape index (κ3) is 3.92. The summed E-state index contributed by atoms with van der Waals surface area (Å²) in [5.74, 6) is -0.635. The van der Waals surface area contributed by atoms with Crippen LogP contribution in [0.5, 0.6) is 0 Å².